The zero-order valence-electron chi connectivity index (χ0n) is 7.97. The third-order valence-corrected chi connectivity index (χ3v) is 2.94. The highest BCUT2D eigenvalue weighted by Gasteiger charge is 2.26. The minimum Gasteiger partial charge on any atom is -0.480 e. The molecule has 1 heterocycles. The van der Waals surface area contributed by atoms with E-state index in [1.54, 1.807) is 5.41 Å². The molecule has 0 fully saturated rings. The fourth-order valence-corrected chi connectivity index (χ4v) is 2.28. The standard InChI is InChI=1S/C9H13NO3S/c1-2-3-7-9(13)10(4-5-14-7)6-8(11)12/h4-5,7H,2-3,6H2,1H3,(H,11,12)/t7-/m0/s1. The molecule has 0 aliphatic carbocycles. The maximum absolute atomic E-state index is 11.6. The first kappa shape index (κ1) is 11.1. The van der Waals surface area contributed by atoms with Gasteiger partial charge in [-0.3, -0.25) is 9.59 Å². The molecule has 0 saturated heterocycles. The van der Waals surface area contributed by atoms with E-state index in [1.165, 1.54) is 22.9 Å². The van der Waals surface area contributed by atoms with Gasteiger partial charge in [-0.25, -0.2) is 0 Å². The number of thioether (sulfide) groups is 1. The van der Waals surface area contributed by atoms with Crippen molar-refractivity contribution >= 4 is 23.6 Å². The lowest BCUT2D eigenvalue weighted by Crippen LogP contribution is -2.38. The Morgan fingerprint density at radius 2 is 2.43 bits per heavy atom. The maximum Gasteiger partial charge on any atom is 0.323 e. The summed E-state index contributed by atoms with van der Waals surface area (Å²) in [4.78, 5) is 23.3. The van der Waals surface area contributed by atoms with E-state index in [9.17, 15) is 9.59 Å². The highest BCUT2D eigenvalue weighted by molar-refractivity contribution is 8.03. The van der Waals surface area contributed by atoms with Gasteiger partial charge in [0.25, 0.3) is 0 Å². The predicted octanol–water partition coefficient (Wildman–Crippen LogP) is 1.29. The van der Waals surface area contributed by atoms with Crippen LogP contribution in [-0.2, 0) is 9.59 Å². The average molecular weight is 215 g/mol. The second kappa shape index (κ2) is 5.05. The van der Waals surface area contributed by atoms with E-state index < -0.39 is 5.97 Å². The first-order valence-corrected chi connectivity index (χ1v) is 5.44. The molecule has 0 saturated carbocycles. The van der Waals surface area contributed by atoms with Gasteiger partial charge < -0.3 is 10.0 Å². The summed E-state index contributed by atoms with van der Waals surface area (Å²) in [6.07, 6.45) is 3.26. The van der Waals surface area contributed by atoms with Gasteiger partial charge in [-0.2, -0.15) is 0 Å². The van der Waals surface area contributed by atoms with Gasteiger partial charge in [0, 0.05) is 6.20 Å². The number of aliphatic carboxylic acids is 1. The molecule has 5 heteroatoms. The Morgan fingerprint density at radius 3 is 3.00 bits per heavy atom. The molecule has 0 aromatic heterocycles. The fraction of sp³-hybridized carbons (Fsp3) is 0.556. The van der Waals surface area contributed by atoms with Crippen molar-refractivity contribution < 1.29 is 14.7 Å². The topological polar surface area (TPSA) is 57.6 Å². The summed E-state index contributed by atoms with van der Waals surface area (Å²) in [6.45, 7) is 1.77. The second-order valence-corrected chi connectivity index (χ2v) is 4.17. The van der Waals surface area contributed by atoms with Crippen LogP contribution in [-0.4, -0.2) is 33.7 Å². The molecule has 1 aliphatic heterocycles. The van der Waals surface area contributed by atoms with Crippen molar-refractivity contribution in [2.24, 2.45) is 0 Å². The molecule has 0 aromatic carbocycles. The van der Waals surface area contributed by atoms with Crippen LogP contribution in [0.2, 0.25) is 0 Å². The summed E-state index contributed by atoms with van der Waals surface area (Å²) in [7, 11) is 0. The molecule has 0 aromatic rings. The molecule has 1 N–H and O–H groups in total. The number of nitrogens with zero attached hydrogens (tertiary/aromatic N) is 1. The molecule has 78 valence electrons. The molecule has 1 amide bonds. The van der Waals surface area contributed by atoms with Gasteiger partial charge in [0.2, 0.25) is 5.91 Å². The van der Waals surface area contributed by atoms with Crippen LogP contribution >= 0.6 is 11.8 Å². The van der Waals surface area contributed by atoms with Gasteiger partial charge in [0.15, 0.2) is 0 Å². The lowest BCUT2D eigenvalue weighted by atomic mass is 10.2. The van der Waals surface area contributed by atoms with Crippen LogP contribution in [0.25, 0.3) is 0 Å². The number of amides is 1. The summed E-state index contributed by atoms with van der Waals surface area (Å²) in [5, 5.41) is 10.2. The zero-order valence-corrected chi connectivity index (χ0v) is 8.79. The van der Waals surface area contributed by atoms with Crippen molar-refractivity contribution in [1.29, 1.82) is 0 Å². The van der Waals surface area contributed by atoms with E-state index in [-0.39, 0.29) is 17.7 Å². The van der Waals surface area contributed by atoms with E-state index in [0.29, 0.717) is 0 Å². The Bertz CT molecular complexity index is 265. The van der Waals surface area contributed by atoms with Gasteiger partial charge in [-0.15, -0.1) is 11.8 Å². The van der Waals surface area contributed by atoms with E-state index in [4.69, 9.17) is 5.11 Å². The SMILES string of the molecule is CCC[C@@H]1SC=CN(CC(=O)O)C1=O. The molecule has 1 rings (SSSR count). The summed E-state index contributed by atoms with van der Waals surface area (Å²) in [5.74, 6) is -1.08. The Morgan fingerprint density at radius 1 is 1.71 bits per heavy atom. The Kier molecular flexibility index (Phi) is 4.00. The van der Waals surface area contributed by atoms with Crippen molar-refractivity contribution in [3.8, 4) is 0 Å². The van der Waals surface area contributed by atoms with E-state index in [2.05, 4.69) is 0 Å². The number of hydrogen-bond acceptors (Lipinski definition) is 3. The summed E-state index contributed by atoms with van der Waals surface area (Å²) in [5.41, 5.74) is 0. The molecular weight excluding hydrogens is 202 g/mol. The van der Waals surface area contributed by atoms with Crippen molar-refractivity contribution in [2.45, 2.75) is 25.0 Å². The lowest BCUT2D eigenvalue weighted by Gasteiger charge is -2.25. The number of carboxylic acids is 1. The average Bonchev–Trinajstić information content (AvgIpc) is 2.11. The summed E-state index contributed by atoms with van der Waals surface area (Å²) in [6, 6.07) is 0. The number of carbonyl (C=O) groups excluding carboxylic acids is 1. The van der Waals surface area contributed by atoms with Crippen LogP contribution in [0.3, 0.4) is 0 Å². The molecule has 14 heavy (non-hydrogen) atoms. The molecule has 0 bridgehead atoms. The summed E-state index contributed by atoms with van der Waals surface area (Å²) >= 11 is 1.46. The molecule has 1 atom stereocenters. The lowest BCUT2D eigenvalue weighted by molar-refractivity contribution is -0.142. The van der Waals surface area contributed by atoms with E-state index >= 15 is 0 Å². The van der Waals surface area contributed by atoms with Crippen molar-refractivity contribution in [3.05, 3.63) is 11.6 Å². The van der Waals surface area contributed by atoms with Crippen LogP contribution < -0.4 is 0 Å². The minimum atomic E-state index is -0.981. The monoisotopic (exact) mass is 215 g/mol. The van der Waals surface area contributed by atoms with Crippen LogP contribution in [0.5, 0.6) is 0 Å². The van der Waals surface area contributed by atoms with E-state index in [1.807, 2.05) is 6.92 Å². The van der Waals surface area contributed by atoms with Gasteiger partial charge in [0.05, 0.1) is 5.25 Å². The Labute approximate surface area is 87.0 Å². The van der Waals surface area contributed by atoms with Gasteiger partial charge in [-0.05, 0) is 11.8 Å². The number of rotatable bonds is 4. The predicted molar refractivity (Wildman–Crippen MR) is 54.8 cm³/mol. The third-order valence-electron chi connectivity index (χ3n) is 1.90. The number of carboxylic acid groups (broad SMARTS) is 1. The van der Waals surface area contributed by atoms with Crippen molar-refractivity contribution in [1.82, 2.24) is 4.90 Å². The van der Waals surface area contributed by atoms with Gasteiger partial charge >= 0.3 is 5.97 Å². The Hall–Kier alpha value is -0.970. The smallest absolute Gasteiger partial charge is 0.323 e. The highest BCUT2D eigenvalue weighted by Crippen LogP contribution is 2.24. The van der Waals surface area contributed by atoms with Crippen LogP contribution in [0.1, 0.15) is 19.8 Å². The van der Waals surface area contributed by atoms with Crippen molar-refractivity contribution in [3.63, 3.8) is 0 Å². The molecular formula is C9H13NO3S. The quantitative estimate of drug-likeness (QED) is 0.767. The Balaban J connectivity index is 2.61. The maximum atomic E-state index is 11.6. The van der Waals surface area contributed by atoms with Gasteiger partial charge in [0.1, 0.15) is 6.54 Å². The van der Waals surface area contributed by atoms with Crippen LogP contribution in [0.15, 0.2) is 11.6 Å². The fourth-order valence-electron chi connectivity index (χ4n) is 1.25. The normalized spacial score (nSPS) is 21.4. The highest BCUT2D eigenvalue weighted by atomic mass is 32.2. The molecule has 4 nitrogen and oxygen atoms in total. The van der Waals surface area contributed by atoms with Crippen molar-refractivity contribution in [2.75, 3.05) is 6.54 Å². The summed E-state index contributed by atoms with van der Waals surface area (Å²) < 4.78 is 0. The zero-order chi connectivity index (χ0) is 10.6. The first-order chi connectivity index (χ1) is 6.65. The van der Waals surface area contributed by atoms with Crippen LogP contribution in [0.4, 0.5) is 0 Å². The molecule has 0 radical (unpaired) electrons. The second-order valence-electron chi connectivity index (χ2n) is 3.06. The number of carbonyl (C=O) groups is 2. The largest absolute Gasteiger partial charge is 0.480 e. The molecule has 1 aliphatic rings. The van der Waals surface area contributed by atoms with Crippen LogP contribution in [0, 0.1) is 0 Å². The van der Waals surface area contributed by atoms with Gasteiger partial charge in [-0.1, -0.05) is 13.3 Å². The minimum absolute atomic E-state index is 0.0956. The number of hydrogen-bond donors (Lipinski definition) is 1. The first-order valence-electron chi connectivity index (χ1n) is 4.49. The third kappa shape index (κ3) is 2.77. The molecule has 0 spiro atoms. The van der Waals surface area contributed by atoms with E-state index in [0.717, 1.165) is 12.8 Å². The molecule has 0 unspecified atom stereocenters.